The number of rotatable bonds is 1. The van der Waals surface area contributed by atoms with E-state index >= 15 is 0 Å². The number of fused-ring (bicyclic) bond motifs is 1. The number of piperidine rings is 1. The summed E-state index contributed by atoms with van der Waals surface area (Å²) in [6.45, 7) is 6.51. The maximum absolute atomic E-state index is 12.3. The van der Waals surface area contributed by atoms with Crippen LogP contribution in [0, 0.1) is 0 Å². The van der Waals surface area contributed by atoms with E-state index in [0.717, 1.165) is 0 Å². The van der Waals surface area contributed by atoms with Gasteiger partial charge in [-0.15, -0.1) is 0 Å². The van der Waals surface area contributed by atoms with Gasteiger partial charge in [0.25, 0.3) is 0 Å². The van der Waals surface area contributed by atoms with Crippen LogP contribution < -0.4 is 4.74 Å². The van der Waals surface area contributed by atoms with Gasteiger partial charge < -0.3 is 24.2 Å². The minimum atomic E-state index is -0.822. The van der Waals surface area contributed by atoms with Crippen LogP contribution in [-0.4, -0.2) is 53.5 Å². The van der Waals surface area contributed by atoms with E-state index < -0.39 is 23.3 Å². The number of amides is 1. The molecule has 1 atom stereocenters. The third-order valence-corrected chi connectivity index (χ3v) is 5.02. The molecule has 1 aromatic carbocycles. The molecule has 0 radical (unpaired) electrons. The Morgan fingerprint density at radius 3 is 2.52 bits per heavy atom. The average Bonchev–Trinajstić information content (AvgIpc) is 2.59. The molecule has 1 spiro atoms. The monoisotopic (exact) mass is 377 g/mol. The Morgan fingerprint density at radius 2 is 1.93 bits per heavy atom. The second-order valence-electron chi connectivity index (χ2n) is 8.18. The van der Waals surface area contributed by atoms with Crippen LogP contribution in [-0.2, 0) is 9.47 Å². The molecule has 1 saturated heterocycles. The van der Waals surface area contributed by atoms with Gasteiger partial charge in [0.15, 0.2) is 0 Å². The second-order valence-corrected chi connectivity index (χ2v) is 8.18. The first-order valence-corrected chi connectivity index (χ1v) is 9.20. The van der Waals surface area contributed by atoms with E-state index in [0.29, 0.717) is 49.2 Å². The first-order valence-electron chi connectivity index (χ1n) is 9.20. The number of aliphatic hydroxyl groups is 1. The molecule has 2 aliphatic rings. The van der Waals surface area contributed by atoms with Crippen molar-refractivity contribution >= 4 is 12.1 Å². The number of ether oxygens (including phenoxy) is 3. The zero-order chi connectivity index (χ0) is 19.8. The van der Waals surface area contributed by atoms with Gasteiger partial charge in [-0.05, 0) is 32.9 Å². The summed E-state index contributed by atoms with van der Waals surface area (Å²) in [5.74, 6) is 0.00700. The van der Waals surface area contributed by atoms with Gasteiger partial charge in [0.05, 0.1) is 18.8 Å². The maximum Gasteiger partial charge on any atom is 0.410 e. The van der Waals surface area contributed by atoms with Crippen LogP contribution in [0.2, 0.25) is 0 Å². The minimum Gasteiger partial charge on any atom is -0.487 e. The Kier molecular flexibility index (Phi) is 5.08. The van der Waals surface area contributed by atoms with Crippen molar-refractivity contribution in [3.05, 3.63) is 29.3 Å². The molecule has 0 aliphatic carbocycles. The zero-order valence-electron chi connectivity index (χ0n) is 16.3. The summed E-state index contributed by atoms with van der Waals surface area (Å²) < 4.78 is 16.5. The van der Waals surface area contributed by atoms with Crippen LogP contribution in [0.25, 0.3) is 0 Å². The van der Waals surface area contributed by atoms with Crippen molar-refractivity contribution in [3.63, 3.8) is 0 Å². The van der Waals surface area contributed by atoms with E-state index in [2.05, 4.69) is 0 Å². The van der Waals surface area contributed by atoms with Crippen LogP contribution >= 0.6 is 0 Å². The fourth-order valence-electron chi connectivity index (χ4n) is 3.72. The van der Waals surface area contributed by atoms with Crippen molar-refractivity contribution in [1.29, 1.82) is 0 Å². The first kappa shape index (κ1) is 19.5. The predicted molar refractivity (Wildman–Crippen MR) is 97.8 cm³/mol. The highest BCUT2D eigenvalue weighted by Crippen LogP contribution is 2.45. The molecule has 2 heterocycles. The number of benzene rings is 1. The Hall–Kier alpha value is -2.28. The van der Waals surface area contributed by atoms with Crippen LogP contribution in [0.15, 0.2) is 18.2 Å². The van der Waals surface area contributed by atoms with E-state index in [1.807, 2.05) is 20.8 Å². The summed E-state index contributed by atoms with van der Waals surface area (Å²) in [7, 11) is 1.31. The van der Waals surface area contributed by atoms with E-state index in [9.17, 15) is 14.7 Å². The number of carbonyl (C=O) groups excluding carboxylic acids is 2. The van der Waals surface area contributed by atoms with Crippen LogP contribution in [0.5, 0.6) is 5.75 Å². The van der Waals surface area contributed by atoms with Gasteiger partial charge in [-0.1, -0.05) is 6.07 Å². The van der Waals surface area contributed by atoms with Gasteiger partial charge in [0.2, 0.25) is 0 Å². The lowest BCUT2D eigenvalue weighted by Gasteiger charge is -2.46. The van der Waals surface area contributed by atoms with Gasteiger partial charge in [-0.25, -0.2) is 9.59 Å². The lowest BCUT2D eigenvalue weighted by molar-refractivity contribution is -0.0573. The van der Waals surface area contributed by atoms with Crippen LogP contribution in [0.1, 0.15) is 62.1 Å². The standard InChI is InChI=1S/C20H27NO6/c1-19(2,3)27-18(24)21-10-8-20(9-11-21)12-14(22)16-13(17(23)25-4)6-5-7-15(16)26-20/h5-7,14,22H,8-12H2,1-4H3. The quantitative estimate of drug-likeness (QED) is 0.757. The van der Waals surface area contributed by atoms with Crippen molar-refractivity contribution in [2.24, 2.45) is 0 Å². The third kappa shape index (κ3) is 4.03. The van der Waals surface area contributed by atoms with E-state index in [4.69, 9.17) is 14.2 Å². The molecule has 1 fully saturated rings. The number of carbonyl (C=O) groups is 2. The molecular formula is C20H27NO6. The number of methoxy groups -OCH3 is 1. The van der Waals surface area contributed by atoms with Crippen molar-refractivity contribution in [2.75, 3.05) is 20.2 Å². The van der Waals surface area contributed by atoms with Crippen molar-refractivity contribution in [2.45, 2.75) is 57.3 Å². The molecule has 0 bridgehead atoms. The van der Waals surface area contributed by atoms with E-state index in [1.165, 1.54) is 7.11 Å². The Morgan fingerprint density at radius 1 is 1.26 bits per heavy atom. The lowest BCUT2D eigenvalue weighted by Crippen LogP contribution is -2.52. The van der Waals surface area contributed by atoms with Gasteiger partial charge in [-0.2, -0.15) is 0 Å². The molecule has 0 saturated carbocycles. The van der Waals surface area contributed by atoms with Crippen LogP contribution in [0.4, 0.5) is 4.79 Å². The third-order valence-electron chi connectivity index (χ3n) is 5.02. The average molecular weight is 377 g/mol. The minimum absolute atomic E-state index is 0.323. The van der Waals surface area contributed by atoms with E-state index in [-0.39, 0.29) is 6.09 Å². The van der Waals surface area contributed by atoms with Gasteiger partial charge in [0.1, 0.15) is 17.0 Å². The summed E-state index contributed by atoms with van der Waals surface area (Å²) in [5, 5.41) is 10.7. The summed E-state index contributed by atoms with van der Waals surface area (Å²) in [5.41, 5.74) is -0.291. The topological polar surface area (TPSA) is 85.3 Å². The molecule has 2 aliphatic heterocycles. The SMILES string of the molecule is COC(=O)c1cccc2c1C(O)CC1(CCN(C(=O)OC(C)(C)C)CC1)O2. The molecular weight excluding hydrogens is 350 g/mol. The molecule has 7 nitrogen and oxygen atoms in total. The van der Waals surface area contributed by atoms with Crippen molar-refractivity contribution < 1.29 is 28.9 Å². The maximum atomic E-state index is 12.3. The molecule has 1 N–H and O–H groups in total. The molecule has 148 valence electrons. The Labute approximate surface area is 159 Å². The molecule has 0 aromatic heterocycles. The Bertz CT molecular complexity index is 730. The van der Waals surface area contributed by atoms with Gasteiger partial charge in [0, 0.05) is 37.9 Å². The predicted octanol–water partition coefficient (Wildman–Crippen LogP) is 3.06. The van der Waals surface area contributed by atoms with Crippen molar-refractivity contribution in [1.82, 2.24) is 4.90 Å². The molecule has 27 heavy (non-hydrogen) atoms. The number of likely N-dealkylation sites (tertiary alicyclic amines) is 1. The Balaban J connectivity index is 1.74. The summed E-state index contributed by atoms with van der Waals surface area (Å²) in [4.78, 5) is 25.9. The highest BCUT2D eigenvalue weighted by Gasteiger charge is 2.45. The van der Waals surface area contributed by atoms with Crippen molar-refractivity contribution in [3.8, 4) is 5.75 Å². The normalized spacial score (nSPS) is 21.2. The molecule has 1 unspecified atom stereocenters. The number of esters is 1. The lowest BCUT2D eigenvalue weighted by atomic mass is 9.80. The zero-order valence-corrected chi connectivity index (χ0v) is 16.3. The summed E-state index contributed by atoms with van der Waals surface area (Å²) in [6.07, 6.45) is 0.395. The van der Waals surface area contributed by atoms with Crippen LogP contribution in [0.3, 0.4) is 0 Å². The van der Waals surface area contributed by atoms with Gasteiger partial charge in [-0.3, -0.25) is 0 Å². The molecule has 1 amide bonds. The number of nitrogens with zero attached hydrogens (tertiary/aromatic N) is 1. The number of hydrogen-bond acceptors (Lipinski definition) is 6. The smallest absolute Gasteiger partial charge is 0.410 e. The molecule has 7 heteroatoms. The number of hydrogen-bond donors (Lipinski definition) is 1. The molecule has 3 rings (SSSR count). The summed E-state index contributed by atoms with van der Waals surface area (Å²) >= 11 is 0. The summed E-state index contributed by atoms with van der Waals surface area (Å²) in [6, 6.07) is 5.10. The highest BCUT2D eigenvalue weighted by atomic mass is 16.6. The van der Waals surface area contributed by atoms with E-state index in [1.54, 1.807) is 23.1 Å². The fourth-order valence-corrected chi connectivity index (χ4v) is 3.72. The fraction of sp³-hybridized carbons (Fsp3) is 0.600. The largest absolute Gasteiger partial charge is 0.487 e. The van der Waals surface area contributed by atoms with Gasteiger partial charge >= 0.3 is 12.1 Å². The second kappa shape index (κ2) is 7.03. The molecule has 1 aromatic rings. The first-order chi connectivity index (χ1) is 12.6. The number of aliphatic hydroxyl groups excluding tert-OH is 1. The highest BCUT2D eigenvalue weighted by molar-refractivity contribution is 5.92.